The number of carbonyl (C=O) groups is 1. The number of rotatable bonds is 20. The monoisotopic (exact) mass is 410 g/mol. The van der Waals surface area contributed by atoms with Crippen molar-refractivity contribution in [2.24, 2.45) is 17.3 Å². The third kappa shape index (κ3) is 15.9. The van der Waals surface area contributed by atoms with Crippen molar-refractivity contribution in [3.8, 4) is 0 Å². The van der Waals surface area contributed by atoms with Gasteiger partial charge in [0.2, 0.25) is 0 Å². The van der Waals surface area contributed by atoms with Crippen molar-refractivity contribution in [2.45, 2.75) is 144 Å². The third-order valence-corrected chi connectivity index (χ3v) is 6.64. The number of ether oxygens (including phenoxy) is 1. The fourth-order valence-corrected chi connectivity index (χ4v) is 3.95. The smallest absolute Gasteiger partial charge is 0.311 e. The zero-order valence-corrected chi connectivity index (χ0v) is 21.0. The molecule has 0 radical (unpaired) electrons. The Morgan fingerprint density at radius 1 is 0.690 bits per heavy atom. The van der Waals surface area contributed by atoms with Crippen LogP contribution in [0.25, 0.3) is 0 Å². The van der Waals surface area contributed by atoms with Gasteiger partial charge >= 0.3 is 5.97 Å². The average Bonchev–Trinajstić information content (AvgIpc) is 2.67. The first-order chi connectivity index (χ1) is 13.8. The first-order valence-corrected chi connectivity index (χ1v) is 13.0. The van der Waals surface area contributed by atoms with E-state index < -0.39 is 0 Å². The Kier molecular flexibility index (Phi) is 17.9. The molecule has 0 rings (SSSR count). The standard InChI is InChI=1S/C27H54O2/c1-7-21-25(4)27(5,6)26(28)29-23-20-18-16-14-12-10-8-9-11-13-15-17-19-22-24(2)3/h24-25H,7-23H2,1-6H3. The number of esters is 1. The predicted molar refractivity (Wildman–Crippen MR) is 128 cm³/mol. The summed E-state index contributed by atoms with van der Waals surface area (Å²) in [4.78, 5) is 12.3. The second-order valence-corrected chi connectivity index (χ2v) is 10.3. The van der Waals surface area contributed by atoms with Crippen molar-refractivity contribution in [1.29, 1.82) is 0 Å². The van der Waals surface area contributed by atoms with Crippen LogP contribution in [-0.4, -0.2) is 12.6 Å². The number of hydrogen-bond donors (Lipinski definition) is 0. The highest BCUT2D eigenvalue weighted by molar-refractivity contribution is 5.76. The second-order valence-electron chi connectivity index (χ2n) is 10.3. The van der Waals surface area contributed by atoms with Crippen molar-refractivity contribution in [3.63, 3.8) is 0 Å². The van der Waals surface area contributed by atoms with Crippen LogP contribution in [0.15, 0.2) is 0 Å². The summed E-state index contributed by atoms with van der Waals surface area (Å²) in [5, 5.41) is 0. The first-order valence-electron chi connectivity index (χ1n) is 13.0. The minimum Gasteiger partial charge on any atom is -0.465 e. The van der Waals surface area contributed by atoms with Crippen LogP contribution in [0, 0.1) is 17.3 Å². The van der Waals surface area contributed by atoms with E-state index >= 15 is 0 Å². The molecule has 0 heterocycles. The molecule has 0 amide bonds. The summed E-state index contributed by atoms with van der Waals surface area (Å²) in [6.07, 6.45) is 21.2. The van der Waals surface area contributed by atoms with Crippen LogP contribution in [0.2, 0.25) is 0 Å². The Hall–Kier alpha value is -0.530. The van der Waals surface area contributed by atoms with E-state index in [-0.39, 0.29) is 11.4 Å². The van der Waals surface area contributed by atoms with Gasteiger partial charge in [-0.05, 0) is 38.5 Å². The molecule has 1 unspecified atom stereocenters. The minimum atomic E-state index is -0.357. The zero-order valence-electron chi connectivity index (χ0n) is 21.0. The summed E-state index contributed by atoms with van der Waals surface area (Å²) in [6.45, 7) is 13.6. The summed E-state index contributed by atoms with van der Waals surface area (Å²) in [7, 11) is 0. The summed E-state index contributed by atoms with van der Waals surface area (Å²) in [6, 6.07) is 0. The molecule has 0 fully saturated rings. The maximum Gasteiger partial charge on any atom is 0.311 e. The number of hydrogen-bond acceptors (Lipinski definition) is 2. The molecular weight excluding hydrogens is 356 g/mol. The van der Waals surface area contributed by atoms with Crippen molar-refractivity contribution >= 4 is 5.97 Å². The van der Waals surface area contributed by atoms with E-state index in [4.69, 9.17) is 4.74 Å². The molecule has 0 saturated carbocycles. The van der Waals surface area contributed by atoms with Gasteiger partial charge in [-0.15, -0.1) is 0 Å². The third-order valence-electron chi connectivity index (χ3n) is 6.64. The Morgan fingerprint density at radius 2 is 1.10 bits per heavy atom. The van der Waals surface area contributed by atoms with E-state index in [0.29, 0.717) is 12.5 Å². The molecule has 0 aromatic heterocycles. The molecule has 2 nitrogen and oxygen atoms in total. The second kappa shape index (κ2) is 18.3. The maximum absolute atomic E-state index is 12.3. The van der Waals surface area contributed by atoms with Crippen LogP contribution in [0.3, 0.4) is 0 Å². The molecule has 29 heavy (non-hydrogen) atoms. The summed E-state index contributed by atoms with van der Waals surface area (Å²) >= 11 is 0. The van der Waals surface area contributed by atoms with Crippen LogP contribution in [0.5, 0.6) is 0 Å². The van der Waals surface area contributed by atoms with Gasteiger partial charge in [0, 0.05) is 0 Å². The SMILES string of the molecule is CCCC(C)C(C)(C)C(=O)OCCCCCCCCCCCCCCCC(C)C. The Morgan fingerprint density at radius 3 is 1.52 bits per heavy atom. The van der Waals surface area contributed by atoms with Gasteiger partial charge in [-0.3, -0.25) is 4.79 Å². The minimum absolute atomic E-state index is 0.0154. The van der Waals surface area contributed by atoms with Crippen molar-refractivity contribution in [1.82, 2.24) is 0 Å². The molecule has 1 atom stereocenters. The topological polar surface area (TPSA) is 26.3 Å². The lowest BCUT2D eigenvalue weighted by Crippen LogP contribution is -2.33. The fourth-order valence-electron chi connectivity index (χ4n) is 3.95. The molecule has 0 N–H and O–H groups in total. The molecule has 0 aromatic rings. The summed E-state index contributed by atoms with van der Waals surface area (Å²) in [5.74, 6) is 1.24. The van der Waals surface area contributed by atoms with E-state index in [2.05, 4.69) is 27.7 Å². The van der Waals surface area contributed by atoms with Crippen LogP contribution in [0.1, 0.15) is 144 Å². The van der Waals surface area contributed by atoms with Gasteiger partial charge in [0.15, 0.2) is 0 Å². The van der Waals surface area contributed by atoms with E-state index in [9.17, 15) is 4.79 Å². The molecule has 0 aliphatic carbocycles. The molecule has 0 aromatic carbocycles. The quantitative estimate of drug-likeness (QED) is 0.148. The highest BCUT2D eigenvalue weighted by Gasteiger charge is 2.34. The Balaban J connectivity index is 3.38. The van der Waals surface area contributed by atoms with E-state index in [0.717, 1.165) is 25.2 Å². The normalized spacial score (nSPS) is 13.1. The Bertz CT molecular complexity index is 373. The van der Waals surface area contributed by atoms with Crippen LogP contribution < -0.4 is 0 Å². The molecular formula is C27H54O2. The van der Waals surface area contributed by atoms with Gasteiger partial charge in [-0.2, -0.15) is 0 Å². The molecule has 0 spiro atoms. The van der Waals surface area contributed by atoms with Gasteiger partial charge < -0.3 is 4.74 Å². The van der Waals surface area contributed by atoms with Gasteiger partial charge in [-0.25, -0.2) is 0 Å². The molecule has 0 bridgehead atoms. The van der Waals surface area contributed by atoms with E-state index in [1.54, 1.807) is 0 Å². The summed E-state index contributed by atoms with van der Waals surface area (Å²) in [5.41, 5.74) is -0.357. The largest absolute Gasteiger partial charge is 0.465 e. The lowest BCUT2D eigenvalue weighted by atomic mass is 9.78. The number of unbranched alkanes of at least 4 members (excludes halogenated alkanes) is 12. The van der Waals surface area contributed by atoms with E-state index in [1.165, 1.54) is 83.5 Å². The van der Waals surface area contributed by atoms with Gasteiger partial charge in [0.25, 0.3) is 0 Å². The van der Waals surface area contributed by atoms with Crippen LogP contribution in [-0.2, 0) is 9.53 Å². The van der Waals surface area contributed by atoms with Crippen LogP contribution in [0.4, 0.5) is 0 Å². The van der Waals surface area contributed by atoms with E-state index in [1.807, 2.05) is 13.8 Å². The van der Waals surface area contributed by atoms with Crippen molar-refractivity contribution in [2.75, 3.05) is 6.61 Å². The molecule has 174 valence electrons. The molecule has 0 aliphatic heterocycles. The fraction of sp³-hybridized carbons (Fsp3) is 0.963. The highest BCUT2D eigenvalue weighted by Crippen LogP contribution is 2.31. The van der Waals surface area contributed by atoms with Crippen molar-refractivity contribution < 1.29 is 9.53 Å². The molecule has 2 heteroatoms. The lowest BCUT2D eigenvalue weighted by molar-refractivity contribution is -0.157. The highest BCUT2D eigenvalue weighted by atomic mass is 16.5. The summed E-state index contributed by atoms with van der Waals surface area (Å²) < 4.78 is 5.55. The van der Waals surface area contributed by atoms with Crippen LogP contribution >= 0.6 is 0 Å². The average molecular weight is 411 g/mol. The molecule has 0 aliphatic rings. The Labute approximate surface area is 184 Å². The van der Waals surface area contributed by atoms with Crippen molar-refractivity contribution in [3.05, 3.63) is 0 Å². The van der Waals surface area contributed by atoms with Gasteiger partial charge in [0.1, 0.15) is 0 Å². The first kappa shape index (κ1) is 28.5. The predicted octanol–water partition coefficient (Wildman–Crippen LogP) is 9.11. The zero-order chi connectivity index (χ0) is 22.0. The van der Waals surface area contributed by atoms with Gasteiger partial charge in [0.05, 0.1) is 12.0 Å². The lowest BCUT2D eigenvalue weighted by Gasteiger charge is -2.29. The maximum atomic E-state index is 12.3. The number of carbonyl (C=O) groups excluding carboxylic acids is 1. The van der Waals surface area contributed by atoms with Gasteiger partial charge in [-0.1, -0.05) is 118 Å². The molecule has 0 saturated heterocycles.